The Hall–Kier alpha value is -0.0700. The summed E-state index contributed by atoms with van der Waals surface area (Å²) < 4.78 is 2.08. The molecular formula is C6H9BrN2. The molecule has 0 bridgehead atoms. The Kier molecular flexibility index (Phi) is 2.49. The average molecular weight is 189 g/mol. The van der Waals surface area contributed by atoms with Gasteiger partial charge in [-0.2, -0.15) is 5.26 Å². The molecule has 3 heteroatoms. The van der Waals surface area contributed by atoms with Crippen LogP contribution in [0.2, 0.25) is 0 Å². The summed E-state index contributed by atoms with van der Waals surface area (Å²) in [5.74, 6) is 0.304. The van der Waals surface area contributed by atoms with Crippen LogP contribution in [0, 0.1) is 17.2 Å². The fourth-order valence-corrected chi connectivity index (χ4v) is 1.39. The minimum atomic E-state index is 0.304. The van der Waals surface area contributed by atoms with Crippen LogP contribution in [0.4, 0.5) is 0 Å². The fraction of sp³-hybridized carbons (Fsp3) is 0.833. The summed E-state index contributed by atoms with van der Waals surface area (Å²) in [6.07, 6.45) is 2.03. The lowest BCUT2D eigenvalue weighted by Crippen LogP contribution is -2.24. The third-order valence-electron chi connectivity index (χ3n) is 1.62. The molecule has 0 unspecified atom stereocenters. The Labute approximate surface area is 63.8 Å². The normalized spacial score (nSPS) is 23.6. The number of rotatable bonds is 0. The van der Waals surface area contributed by atoms with E-state index in [1.165, 1.54) is 0 Å². The van der Waals surface area contributed by atoms with Crippen molar-refractivity contribution < 1.29 is 0 Å². The molecule has 0 aliphatic carbocycles. The van der Waals surface area contributed by atoms with E-state index in [9.17, 15) is 0 Å². The van der Waals surface area contributed by atoms with Crippen LogP contribution in [0.1, 0.15) is 12.8 Å². The molecule has 0 N–H and O–H groups in total. The van der Waals surface area contributed by atoms with E-state index in [-0.39, 0.29) is 0 Å². The maximum absolute atomic E-state index is 8.49. The number of halogens is 1. The minimum Gasteiger partial charge on any atom is -0.242 e. The molecule has 1 rings (SSSR count). The van der Waals surface area contributed by atoms with Crippen molar-refractivity contribution >= 4 is 16.1 Å². The largest absolute Gasteiger partial charge is 0.242 e. The summed E-state index contributed by atoms with van der Waals surface area (Å²) in [5.41, 5.74) is 0. The summed E-state index contributed by atoms with van der Waals surface area (Å²) in [6, 6.07) is 2.28. The van der Waals surface area contributed by atoms with Gasteiger partial charge >= 0.3 is 0 Å². The van der Waals surface area contributed by atoms with Crippen molar-refractivity contribution in [1.29, 1.82) is 5.26 Å². The van der Waals surface area contributed by atoms with Crippen LogP contribution in [0.15, 0.2) is 0 Å². The Bertz CT molecular complexity index is 122. The van der Waals surface area contributed by atoms with Gasteiger partial charge in [0.25, 0.3) is 0 Å². The molecule has 1 aliphatic rings. The molecule has 50 valence electrons. The molecule has 0 amide bonds. The van der Waals surface area contributed by atoms with E-state index < -0.39 is 0 Å². The van der Waals surface area contributed by atoms with Gasteiger partial charge in [0.2, 0.25) is 0 Å². The van der Waals surface area contributed by atoms with Crippen LogP contribution in [-0.2, 0) is 0 Å². The van der Waals surface area contributed by atoms with Gasteiger partial charge in [-0.25, -0.2) is 3.93 Å². The van der Waals surface area contributed by atoms with Crippen LogP contribution in [0.5, 0.6) is 0 Å². The number of nitrogens with zero attached hydrogens (tertiary/aromatic N) is 2. The molecule has 1 saturated heterocycles. The Morgan fingerprint density at radius 1 is 1.44 bits per heavy atom. The molecule has 0 spiro atoms. The first-order valence-corrected chi connectivity index (χ1v) is 3.84. The molecular weight excluding hydrogens is 180 g/mol. The Balaban J connectivity index is 2.28. The maximum atomic E-state index is 8.49. The zero-order chi connectivity index (χ0) is 6.69. The van der Waals surface area contributed by atoms with E-state index in [1.807, 2.05) is 0 Å². The summed E-state index contributed by atoms with van der Waals surface area (Å²) in [7, 11) is 0. The first-order chi connectivity index (χ1) is 4.33. The summed E-state index contributed by atoms with van der Waals surface area (Å²) in [5, 5.41) is 8.49. The van der Waals surface area contributed by atoms with Gasteiger partial charge in [-0.1, -0.05) is 0 Å². The molecule has 1 fully saturated rings. The van der Waals surface area contributed by atoms with Gasteiger partial charge in [-0.05, 0) is 12.8 Å². The second kappa shape index (κ2) is 3.19. The van der Waals surface area contributed by atoms with Crippen LogP contribution in [0.3, 0.4) is 0 Å². The molecule has 0 aromatic carbocycles. The smallest absolute Gasteiger partial charge is 0.0656 e. The summed E-state index contributed by atoms with van der Waals surface area (Å²) in [6.45, 7) is 2.02. The molecule has 0 atom stereocenters. The number of hydrogen-bond acceptors (Lipinski definition) is 2. The summed E-state index contributed by atoms with van der Waals surface area (Å²) >= 11 is 3.37. The third kappa shape index (κ3) is 1.96. The van der Waals surface area contributed by atoms with Gasteiger partial charge in [0.05, 0.1) is 6.07 Å². The Morgan fingerprint density at radius 2 is 2.00 bits per heavy atom. The SMILES string of the molecule is N#CC1CCN(Br)CC1. The van der Waals surface area contributed by atoms with Gasteiger partial charge in [0.15, 0.2) is 0 Å². The maximum Gasteiger partial charge on any atom is 0.0656 e. The first-order valence-electron chi connectivity index (χ1n) is 3.13. The molecule has 9 heavy (non-hydrogen) atoms. The quantitative estimate of drug-likeness (QED) is 0.540. The van der Waals surface area contributed by atoms with E-state index in [2.05, 4.69) is 26.1 Å². The van der Waals surface area contributed by atoms with Gasteiger partial charge in [-0.3, -0.25) is 0 Å². The number of hydrogen-bond donors (Lipinski definition) is 0. The van der Waals surface area contributed by atoms with Crippen LogP contribution in [0.25, 0.3) is 0 Å². The highest BCUT2D eigenvalue weighted by Crippen LogP contribution is 2.17. The van der Waals surface area contributed by atoms with E-state index in [0.29, 0.717) is 5.92 Å². The highest BCUT2D eigenvalue weighted by atomic mass is 79.9. The zero-order valence-corrected chi connectivity index (χ0v) is 6.76. The van der Waals surface area contributed by atoms with E-state index >= 15 is 0 Å². The van der Waals surface area contributed by atoms with Crippen molar-refractivity contribution in [1.82, 2.24) is 3.93 Å². The second-order valence-corrected chi connectivity index (χ2v) is 3.32. The number of piperidine rings is 1. The monoisotopic (exact) mass is 188 g/mol. The van der Waals surface area contributed by atoms with E-state index in [1.54, 1.807) is 0 Å². The standard InChI is InChI=1S/C6H9BrN2/c7-9-3-1-6(5-8)2-4-9/h6H,1-4H2. The highest BCUT2D eigenvalue weighted by molar-refractivity contribution is 9.07. The van der Waals surface area contributed by atoms with Crippen molar-refractivity contribution in [3.63, 3.8) is 0 Å². The van der Waals surface area contributed by atoms with Crippen molar-refractivity contribution in [2.24, 2.45) is 5.92 Å². The second-order valence-electron chi connectivity index (χ2n) is 2.31. The zero-order valence-electron chi connectivity index (χ0n) is 5.18. The van der Waals surface area contributed by atoms with Gasteiger partial charge < -0.3 is 0 Å². The van der Waals surface area contributed by atoms with Gasteiger partial charge in [0, 0.05) is 35.2 Å². The molecule has 2 nitrogen and oxygen atoms in total. The fourth-order valence-electron chi connectivity index (χ4n) is 0.977. The van der Waals surface area contributed by atoms with Crippen LogP contribution in [-0.4, -0.2) is 17.0 Å². The predicted molar refractivity (Wildman–Crippen MR) is 38.8 cm³/mol. The molecule has 1 heterocycles. The molecule has 0 aromatic rings. The molecule has 0 radical (unpaired) electrons. The molecule has 0 aromatic heterocycles. The predicted octanol–water partition coefficient (Wildman–Crippen LogP) is 1.53. The van der Waals surface area contributed by atoms with Crippen LogP contribution >= 0.6 is 16.1 Å². The molecule has 1 aliphatic heterocycles. The lowest BCUT2D eigenvalue weighted by Gasteiger charge is -2.22. The average Bonchev–Trinajstić information content (AvgIpc) is 1.90. The number of nitriles is 1. The van der Waals surface area contributed by atoms with E-state index in [4.69, 9.17) is 5.26 Å². The van der Waals surface area contributed by atoms with Crippen molar-refractivity contribution in [3.8, 4) is 6.07 Å². The van der Waals surface area contributed by atoms with Gasteiger partial charge in [-0.15, -0.1) is 0 Å². The van der Waals surface area contributed by atoms with Gasteiger partial charge in [0.1, 0.15) is 0 Å². The highest BCUT2D eigenvalue weighted by Gasteiger charge is 2.15. The van der Waals surface area contributed by atoms with Crippen molar-refractivity contribution in [3.05, 3.63) is 0 Å². The Morgan fingerprint density at radius 3 is 2.44 bits per heavy atom. The lowest BCUT2D eigenvalue weighted by atomic mass is 10.0. The minimum absolute atomic E-state index is 0.304. The first kappa shape index (κ1) is 7.04. The third-order valence-corrected chi connectivity index (χ3v) is 2.33. The van der Waals surface area contributed by atoms with Crippen LogP contribution < -0.4 is 0 Å². The topological polar surface area (TPSA) is 27.0 Å². The summed E-state index contributed by atoms with van der Waals surface area (Å²) in [4.78, 5) is 0. The molecule has 0 saturated carbocycles. The van der Waals surface area contributed by atoms with Crippen molar-refractivity contribution in [2.45, 2.75) is 12.8 Å². The van der Waals surface area contributed by atoms with Crippen molar-refractivity contribution in [2.75, 3.05) is 13.1 Å². The lowest BCUT2D eigenvalue weighted by molar-refractivity contribution is 0.344. The van der Waals surface area contributed by atoms with E-state index in [0.717, 1.165) is 25.9 Å².